The molecule has 0 radical (unpaired) electrons. The Balaban J connectivity index is 3.93. The van der Waals surface area contributed by atoms with Gasteiger partial charge in [0.25, 0.3) is 0 Å². The standard InChI is InChI=1S/C44H78NO10P/c1-3-5-7-9-11-13-15-17-19-20-22-24-26-28-30-32-34-36-43(48)53-37-40(46)38-54-56(51,52)55-39-41(44(49)50)45-42(47)35-33-31-29-27-25-23-21-18-16-14-12-10-8-6-4-2/h5,7,11,13,17-19,21,40-41,46H,3-4,6,8-10,12,14-16,20,22-39H2,1-2H3,(H,45,47)(H,49,50)(H,51,52)/b7-5-,13-11-,19-17-,21-18-. The molecule has 4 N–H and O–H groups in total. The molecular weight excluding hydrogens is 733 g/mol. The highest BCUT2D eigenvalue weighted by molar-refractivity contribution is 7.47. The first-order valence-corrected chi connectivity index (χ1v) is 23.2. The second kappa shape index (κ2) is 39.3. The predicted molar refractivity (Wildman–Crippen MR) is 226 cm³/mol. The Kier molecular flexibility index (Phi) is 37.5. The molecule has 0 aromatic carbocycles. The number of esters is 1. The zero-order valence-corrected chi connectivity index (χ0v) is 35.8. The topological polar surface area (TPSA) is 169 Å². The summed E-state index contributed by atoms with van der Waals surface area (Å²) in [5.74, 6) is -2.40. The maximum absolute atomic E-state index is 12.3. The minimum Gasteiger partial charge on any atom is -0.480 e. The lowest BCUT2D eigenvalue weighted by Crippen LogP contribution is -2.43. The number of amides is 1. The van der Waals surface area contributed by atoms with Gasteiger partial charge in [-0.05, 0) is 70.6 Å². The molecule has 0 rings (SSSR count). The van der Waals surface area contributed by atoms with Gasteiger partial charge < -0.3 is 25.2 Å². The van der Waals surface area contributed by atoms with Gasteiger partial charge in [0.15, 0.2) is 6.04 Å². The molecular formula is C44H78NO10P. The van der Waals surface area contributed by atoms with Crippen LogP contribution < -0.4 is 5.32 Å². The van der Waals surface area contributed by atoms with Crippen LogP contribution in [0, 0.1) is 0 Å². The van der Waals surface area contributed by atoms with E-state index in [1.807, 2.05) is 0 Å². The Bertz CT molecular complexity index is 1140. The van der Waals surface area contributed by atoms with Crippen molar-refractivity contribution in [3.63, 3.8) is 0 Å². The Morgan fingerprint density at radius 3 is 1.57 bits per heavy atom. The van der Waals surface area contributed by atoms with Gasteiger partial charge in [-0.2, -0.15) is 0 Å². The smallest absolute Gasteiger partial charge is 0.472 e. The van der Waals surface area contributed by atoms with Crippen molar-refractivity contribution in [3.05, 3.63) is 48.6 Å². The van der Waals surface area contributed by atoms with Crippen molar-refractivity contribution in [3.8, 4) is 0 Å². The number of carboxylic acid groups (broad SMARTS) is 1. The molecule has 1 amide bonds. The van der Waals surface area contributed by atoms with Gasteiger partial charge in [0.05, 0.1) is 13.2 Å². The van der Waals surface area contributed by atoms with Crippen molar-refractivity contribution >= 4 is 25.7 Å². The molecule has 3 unspecified atom stereocenters. The van der Waals surface area contributed by atoms with Crippen molar-refractivity contribution in [2.45, 2.75) is 193 Å². The number of carbonyl (C=O) groups excluding carboxylic acids is 2. The van der Waals surface area contributed by atoms with Gasteiger partial charge in [0.1, 0.15) is 12.7 Å². The molecule has 0 bridgehead atoms. The number of phosphoric acid groups is 1. The number of carbonyl (C=O) groups is 3. The van der Waals surface area contributed by atoms with Gasteiger partial charge in [-0.3, -0.25) is 18.6 Å². The van der Waals surface area contributed by atoms with Crippen LogP contribution in [0.4, 0.5) is 0 Å². The van der Waals surface area contributed by atoms with Crippen LogP contribution >= 0.6 is 7.82 Å². The molecule has 3 atom stereocenters. The van der Waals surface area contributed by atoms with Gasteiger partial charge in [-0.25, -0.2) is 9.36 Å². The van der Waals surface area contributed by atoms with Crippen LogP contribution in [0.15, 0.2) is 48.6 Å². The molecule has 0 heterocycles. The summed E-state index contributed by atoms with van der Waals surface area (Å²) >= 11 is 0. The van der Waals surface area contributed by atoms with Crippen molar-refractivity contribution in [2.24, 2.45) is 0 Å². The first-order chi connectivity index (χ1) is 27.1. The molecule has 0 spiro atoms. The second-order valence-electron chi connectivity index (χ2n) is 14.5. The largest absolute Gasteiger partial charge is 0.480 e. The fraction of sp³-hybridized carbons (Fsp3) is 0.750. The molecule has 0 aromatic rings. The number of aliphatic hydroxyl groups excluding tert-OH is 1. The lowest BCUT2D eigenvalue weighted by atomic mass is 10.1. The van der Waals surface area contributed by atoms with Gasteiger partial charge in [0.2, 0.25) is 5.91 Å². The molecule has 0 aromatic heterocycles. The van der Waals surface area contributed by atoms with Crippen LogP contribution in [0.5, 0.6) is 0 Å². The van der Waals surface area contributed by atoms with E-state index < -0.39 is 57.6 Å². The van der Waals surface area contributed by atoms with Crippen molar-refractivity contribution < 1.29 is 47.8 Å². The number of aliphatic carboxylic acids is 1. The van der Waals surface area contributed by atoms with E-state index in [9.17, 15) is 34.1 Å². The maximum Gasteiger partial charge on any atom is 0.472 e. The van der Waals surface area contributed by atoms with E-state index in [1.54, 1.807) is 0 Å². The summed E-state index contributed by atoms with van der Waals surface area (Å²) in [6.45, 7) is 2.45. The molecule has 324 valence electrons. The minimum absolute atomic E-state index is 0.134. The molecule has 0 aliphatic heterocycles. The van der Waals surface area contributed by atoms with Crippen LogP contribution in [0.3, 0.4) is 0 Å². The van der Waals surface area contributed by atoms with E-state index >= 15 is 0 Å². The van der Waals surface area contributed by atoms with Gasteiger partial charge in [-0.1, -0.05) is 146 Å². The normalized spacial score (nSPS) is 14.2. The maximum atomic E-state index is 12.3. The summed E-state index contributed by atoms with van der Waals surface area (Å²) in [5.41, 5.74) is 0. The predicted octanol–water partition coefficient (Wildman–Crippen LogP) is 11.0. The SMILES string of the molecule is CC/C=C\C/C=C\C/C=C\CCCCCCCCCC(=O)OCC(O)COP(=O)(O)OCC(NC(=O)CCCCCCC/C=C\CCCCCCCC)C(=O)O. The third-order valence-corrected chi connectivity index (χ3v) is 10.1. The third-order valence-electron chi connectivity index (χ3n) is 9.10. The van der Waals surface area contributed by atoms with Crippen molar-refractivity contribution in [1.82, 2.24) is 5.32 Å². The minimum atomic E-state index is -4.76. The molecule has 11 nitrogen and oxygen atoms in total. The van der Waals surface area contributed by atoms with E-state index in [4.69, 9.17) is 13.8 Å². The number of carboxylic acids is 1. The van der Waals surface area contributed by atoms with Crippen LogP contribution in [0.2, 0.25) is 0 Å². The quantitative estimate of drug-likeness (QED) is 0.0202. The molecule has 0 aliphatic carbocycles. The number of ether oxygens (including phenoxy) is 1. The van der Waals surface area contributed by atoms with E-state index in [2.05, 4.69) is 67.8 Å². The van der Waals surface area contributed by atoms with E-state index in [-0.39, 0.29) is 12.8 Å². The highest BCUT2D eigenvalue weighted by Gasteiger charge is 2.28. The van der Waals surface area contributed by atoms with Crippen molar-refractivity contribution in [1.29, 1.82) is 0 Å². The summed E-state index contributed by atoms with van der Waals surface area (Å²) in [6.07, 6.45) is 42.7. The average molecular weight is 812 g/mol. The van der Waals surface area contributed by atoms with Crippen molar-refractivity contribution in [2.75, 3.05) is 19.8 Å². The number of phosphoric ester groups is 1. The number of allylic oxidation sites excluding steroid dienone is 8. The number of rotatable bonds is 40. The lowest BCUT2D eigenvalue weighted by molar-refractivity contribution is -0.147. The fourth-order valence-corrected chi connectivity index (χ4v) is 6.51. The highest BCUT2D eigenvalue weighted by atomic mass is 31.2. The van der Waals surface area contributed by atoms with Crippen LogP contribution in [0.1, 0.15) is 181 Å². The monoisotopic (exact) mass is 812 g/mol. The highest BCUT2D eigenvalue weighted by Crippen LogP contribution is 2.43. The van der Waals surface area contributed by atoms with Gasteiger partial charge in [0, 0.05) is 12.8 Å². The molecule has 0 aliphatic rings. The second-order valence-corrected chi connectivity index (χ2v) is 16.0. The van der Waals surface area contributed by atoms with E-state index in [1.165, 1.54) is 51.4 Å². The van der Waals surface area contributed by atoms with Crippen LogP contribution in [-0.2, 0) is 32.7 Å². The molecule has 0 saturated carbocycles. The zero-order valence-electron chi connectivity index (χ0n) is 34.9. The Morgan fingerprint density at radius 1 is 0.589 bits per heavy atom. The number of nitrogens with one attached hydrogen (secondary N) is 1. The van der Waals surface area contributed by atoms with Gasteiger partial charge >= 0.3 is 19.8 Å². The number of aliphatic hydroxyl groups is 1. The summed E-state index contributed by atoms with van der Waals surface area (Å²) in [6, 6.07) is -1.55. The summed E-state index contributed by atoms with van der Waals surface area (Å²) in [5, 5.41) is 21.8. The fourth-order valence-electron chi connectivity index (χ4n) is 5.74. The molecule has 0 saturated heterocycles. The Labute approximate surface area is 339 Å². The van der Waals surface area contributed by atoms with Gasteiger partial charge in [-0.15, -0.1) is 0 Å². The number of hydrogen-bond acceptors (Lipinski definition) is 8. The summed E-state index contributed by atoms with van der Waals surface area (Å²) in [4.78, 5) is 45.9. The molecule has 12 heteroatoms. The Hall–Kier alpha value is -2.56. The van der Waals surface area contributed by atoms with Crippen LogP contribution in [-0.4, -0.2) is 64.9 Å². The van der Waals surface area contributed by atoms with Crippen LogP contribution in [0.25, 0.3) is 0 Å². The summed E-state index contributed by atoms with van der Waals surface area (Å²) in [7, 11) is -4.76. The average Bonchev–Trinajstić information content (AvgIpc) is 3.17. The lowest BCUT2D eigenvalue weighted by Gasteiger charge is -2.18. The van der Waals surface area contributed by atoms with E-state index in [0.29, 0.717) is 12.8 Å². The number of unbranched alkanes of at least 4 members (excludes halogenated alkanes) is 18. The first-order valence-electron chi connectivity index (χ1n) is 21.7. The first kappa shape index (κ1) is 53.4. The summed E-state index contributed by atoms with van der Waals surface area (Å²) < 4.78 is 26.8. The Morgan fingerprint density at radius 2 is 1.04 bits per heavy atom. The number of hydrogen-bond donors (Lipinski definition) is 4. The van der Waals surface area contributed by atoms with E-state index in [0.717, 1.165) is 89.9 Å². The molecule has 56 heavy (non-hydrogen) atoms. The zero-order chi connectivity index (χ0) is 41.4. The molecule has 0 fully saturated rings. The third kappa shape index (κ3) is 38.3.